The van der Waals surface area contributed by atoms with Crippen LogP contribution in [0, 0.1) is 12.7 Å². The summed E-state index contributed by atoms with van der Waals surface area (Å²) in [6.45, 7) is 3.98. The highest BCUT2D eigenvalue weighted by Gasteiger charge is 2.36. The van der Waals surface area contributed by atoms with Crippen molar-refractivity contribution in [3.8, 4) is 0 Å². The molecule has 1 aromatic heterocycles. The number of benzene rings is 1. The number of halogens is 1. The molecule has 0 spiro atoms. The summed E-state index contributed by atoms with van der Waals surface area (Å²) in [4.78, 5) is 20.7. The summed E-state index contributed by atoms with van der Waals surface area (Å²) < 4.78 is 24.8. The summed E-state index contributed by atoms with van der Waals surface area (Å²) in [5.41, 5.74) is 6.32. The van der Waals surface area contributed by atoms with E-state index in [1.807, 2.05) is 6.92 Å². The summed E-state index contributed by atoms with van der Waals surface area (Å²) in [6.07, 6.45) is 2.54. The molecule has 0 unspecified atom stereocenters. The van der Waals surface area contributed by atoms with E-state index in [-0.39, 0.29) is 29.7 Å². The number of ether oxygens (including phenoxy) is 1. The summed E-state index contributed by atoms with van der Waals surface area (Å²) in [6, 6.07) is 4.71. The van der Waals surface area contributed by atoms with Crippen molar-refractivity contribution in [2.75, 3.05) is 6.61 Å². The second-order valence-electron chi connectivity index (χ2n) is 6.10. The van der Waals surface area contributed by atoms with Gasteiger partial charge in [-0.3, -0.25) is 4.79 Å². The predicted molar refractivity (Wildman–Crippen MR) is 89.8 cm³/mol. The highest BCUT2D eigenvalue weighted by Crippen LogP contribution is 2.37. The number of nitrogens with zero attached hydrogens (tertiary/aromatic N) is 2. The van der Waals surface area contributed by atoms with E-state index >= 15 is 0 Å². The minimum atomic E-state index is -0.768. The van der Waals surface area contributed by atoms with E-state index in [4.69, 9.17) is 14.9 Å². The molecule has 0 fully saturated rings. The van der Waals surface area contributed by atoms with Crippen molar-refractivity contribution in [3.63, 3.8) is 0 Å². The monoisotopic (exact) mass is 345 g/mol. The molecule has 3 rings (SSSR count). The molecule has 1 aromatic carbocycles. The molecule has 1 aliphatic rings. The highest BCUT2D eigenvalue weighted by molar-refractivity contribution is 5.95. The van der Waals surface area contributed by atoms with E-state index in [0.717, 1.165) is 0 Å². The van der Waals surface area contributed by atoms with Gasteiger partial charge in [0.2, 0.25) is 0 Å². The number of hydrogen-bond acceptors (Lipinski definition) is 6. The minimum absolute atomic E-state index is 0.0621. The van der Waals surface area contributed by atoms with Gasteiger partial charge in [0.15, 0.2) is 11.7 Å². The molecular weight excluding hydrogens is 325 g/mol. The number of aromatic nitrogens is 1. The van der Waals surface area contributed by atoms with Crippen LogP contribution < -0.4 is 5.73 Å². The lowest BCUT2D eigenvalue weighted by Crippen LogP contribution is -2.36. The van der Waals surface area contributed by atoms with E-state index < -0.39 is 5.54 Å². The first-order chi connectivity index (χ1) is 11.9. The molecule has 0 amide bonds. The average Bonchev–Trinajstić information content (AvgIpc) is 3.03. The van der Waals surface area contributed by atoms with Gasteiger partial charge in [0.25, 0.3) is 6.02 Å². The topological polar surface area (TPSA) is 90.7 Å². The Morgan fingerprint density at radius 3 is 2.88 bits per heavy atom. The number of rotatable bonds is 5. The van der Waals surface area contributed by atoms with Crippen LogP contribution in [0.4, 0.5) is 4.39 Å². The molecule has 6 nitrogen and oxygen atoms in total. The van der Waals surface area contributed by atoms with E-state index in [0.29, 0.717) is 36.5 Å². The molecular formula is C18H20FN3O3. The molecule has 2 aromatic rings. The van der Waals surface area contributed by atoms with Gasteiger partial charge in [0.05, 0.1) is 12.1 Å². The number of hydrogen-bond donors (Lipinski definition) is 1. The standard InChI is InChI=1S/C18H20FN3O3/c1-3-18(6-7-24-17(20)22-18)13-8-12(4-5-14(13)19)9-16(23)15-10-25-11(2)21-15/h4-5,8,10H,3,6-7,9H2,1-2H3,(H2,20,22)/t18-/m0/s1. The van der Waals surface area contributed by atoms with Crippen LogP contribution in [0.25, 0.3) is 0 Å². The number of aliphatic imine (C=N–C) groups is 1. The molecule has 0 aliphatic carbocycles. The van der Waals surface area contributed by atoms with Crippen LogP contribution in [0.2, 0.25) is 0 Å². The summed E-state index contributed by atoms with van der Waals surface area (Å²) in [5.74, 6) is -0.121. The Hall–Kier alpha value is -2.70. The van der Waals surface area contributed by atoms with Gasteiger partial charge in [0, 0.05) is 25.3 Å². The van der Waals surface area contributed by atoms with Gasteiger partial charge >= 0.3 is 0 Å². The number of aryl methyl sites for hydroxylation is 1. The summed E-state index contributed by atoms with van der Waals surface area (Å²) >= 11 is 0. The van der Waals surface area contributed by atoms with Gasteiger partial charge in [-0.05, 0) is 24.1 Å². The van der Waals surface area contributed by atoms with Crippen LogP contribution in [0.5, 0.6) is 0 Å². The van der Waals surface area contributed by atoms with E-state index in [9.17, 15) is 9.18 Å². The maximum atomic E-state index is 14.5. The van der Waals surface area contributed by atoms with Crippen LogP contribution in [0.1, 0.15) is 47.3 Å². The van der Waals surface area contributed by atoms with Crippen molar-refractivity contribution >= 4 is 11.8 Å². The molecule has 132 valence electrons. The Morgan fingerprint density at radius 2 is 2.24 bits per heavy atom. The Balaban J connectivity index is 1.93. The fraction of sp³-hybridized carbons (Fsp3) is 0.389. The number of amidine groups is 1. The maximum absolute atomic E-state index is 14.5. The smallest absolute Gasteiger partial charge is 0.282 e. The molecule has 0 bridgehead atoms. The molecule has 1 atom stereocenters. The van der Waals surface area contributed by atoms with Gasteiger partial charge in [-0.15, -0.1) is 0 Å². The first-order valence-electron chi connectivity index (χ1n) is 8.16. The van der Waals surface area contributed by atoms with Crippen molar-refractivity contribution in [2.45, 2.75) is 38.6 Å². The third-order valence-corrected chi connectivity index (χ3v) is 4.48. The predicted octanol–water partition coefficient (Wildman–Crippen LogP) is 2.89. The van der Waals surface area contributed by atoms with Crippen molar-refractivity contribution in [1.82, 2.24) is 4.98 Å². The molecule has 7 heteroatoms. The number of oxazole rings is 1. The molecule has 2 heterocycles. The number of Topliss-reactive ketones (excluding diaryl/α,β-unsaturated/α-hetero) is 1. The molecule has 2 N–H and O–H groups in total. The van der Waals surface area contributed by atoms with Gasteiger partial charge in [-0.2, -0.15) is 0 Å². The molecule has 25 heavy (non-hydrogen) atoms. The van der Waals surface area contributed by atoms with E-state index in [2.05, 4.69) is 9.98 Å². The Kier molecular flexibility index (Phi) is 4.57. The quantitative estimate of drug-likeness (QED) is 0.842. The van der Waals surface area contributed by atoms with Crippen molar-refractivity contribution in [2.24, 2.45) is 10.7 Å². The first kappa shape index (κ1) is 17.1. The number of carbonyl (C=O) groups is 1. The van der Waals surface area contributed by atoms with Crippen LogP contribution >= 0.6 is 0 Å². The first-order valence-corrected chi connectivity index (χ1v) is 8.16. The van der Waals surface area contributed by atoms with Gasteiger partial charge in [-0.25, -0.2) is 14.4 Å². The second-order valence-corrected chi connectivity index (χ2v) is 6.10. The van der Waals surface area contributed by atoms with Crippen molar-refractivity contribution < 1.29 is 18.3 Å². The van der Waals surface area contributed by atoms with Crippen LogP contribution in [-0.2, 0) is 16.7 Å². The average molecular weight is 345 g/mol. The van der Waals surface area contributed by atoms with Gasteiger partial charge in [-0.1, -0.05) is 13.0 Å². The summed E-state index contributed by atoms with van der Waals surface area (Å²) in [7, 11) is 0. The normalized spacial score (nSPS) is 20.0. The zero-order chi connectivity index (χ0) is 18.0. The fourth-order valence-electron chi connectivity index (χ4n) is 3.07. The maximum Gasteiger partial charge on any atom is 0.282 e. The third kappa shape index (κ3) is 3.40. The van der Waals surface area contributed by atoms with Crippen LogP contribution in [0.3, 0.4) is 0 Å². The largest absolute Gasteiger partial charge is 0.465 e. The van der Waals surface area contributed by atoms with Crippen molar-refractivity contribution in [3.05, 3.63) is 53.0 Å². The lowest BCUT2D eigenvalue weighted by Gasteiger charge is -2.33. The zero-order valence-electron chi connectivity index (χ0n) is 14.2. The lowest BCUT2D eigenvalue weighted by atomic mass is 9.83. The number of nitrogens with two attached hydrogens (primary N) is 1. The SMILES string of the molecule is CC[C@@]1(c2cc(CC(=O)c3coc(C)n3)ccc2F)CCOC(N)=N1. The van der Waals surface area contributed by atoms with Crippen LogP contribution in [0.15, 0.2) is 33.9 Å². The van der Waals surface area contributed by atoms with E-state index in [1.165, 1.54) is 12.3 Å². The third-order valence-electron chi connectivity index (χ3n) is 4.48. The summed E-state index contributed by atoms with van der Waals surface area (Å²) in [5, 5.41) is 0. The Bertz CT molecular complexity index is 831. The van der Waals surface area contributed by atoms with Crippen LogP contribution in [-0.4, -0.2) is 23.4 Å². The fourth-order valence-corrected chi connectivity index (χ4v) is 3.07. The Morgan fingerprint density at radius 1 is 1.44 bits per heavy atom. The van der Waals surface area contributed by atoms with Gasteiger partial charge < -0.3 is 14.9 Å². The highest BCUT2D eigenvalue weighted by atomic mass is 19.1. The van der Waals surface area contributed by atoms with E-state index in [1.54, 1.807) is 19.1 Å². The lowest BCUT2D eigenvalue weighted by molar-refractivity contribution is 0.0988. The zero-order valence-corrected chi connectivity index (χ0v) is 14.2. The number of ketones is 1. The molecule has 0 saturated heterocycles. The molecule has 0 saturated carbocycles. The Labute approximate surface area is 144 Å². The van der Waals surface area contributed by atoms with Gasteiger partial charge in [0.1, 0.15) is 17.8 Å². The minimum Gasteiger partial charge on any atom is -0.465 e. The number of carbonyl (C=O) groups excluding carboxylic acids is 1. The molecule has 0 radical (unpaired) electrons. The molecule has 1 aliphatic heterocycles. The van der Waals surface area contributed by atoms with Crippen molar-refractivity contribution in [1.29, 1.82) is 0 Å². The second kappa shape index (κ2) is 6.66.